The largest absolute Gasteiger partial charge is 0.381 e. The zero-order valence-corrected chi connectivity index (χ0v) is 20.9. The lowest BCUT2D eigenvalue weighted by Crippen LogP contribution is -2.53. The van der Waals surface area contributed by atoms with E-state index < -0.39 is 0 Å². The fourth-order valence-corrected chi connectivity index (χ4v) is 4.33. The van der Waals surface area contributed by atoms with E-state index in [-0.39, 0.29) is 35.2 Å². The highest BCUT2D eigenvalue weighted by Crippen LogP contribution is 2.35. The SMILES string of the molecule is CCNC(=NCC1(c2ccc(F)cc2)CCOCC1)N1CCN(c2ncccn2)CC1.I. The number of anilines is 1. The summed E-state index contributed by atoms with van der Waals surface area (Å²) in [5, 5.41) is 3.46. The molecule has 2 fully saturated rings. The summed E-state index contributed by atoms with van der Waals surface area (Å²) in [5.74, 6) is 1.51. The molecule has 0 aliphatic carbocycles. The van der Waals surface area contributed by atoms with E-state index in [9.17, 15) is 4.39 Å². The second kappa shape index (κ2) is 11.7. The van der Waals surface area contributed by atoms with Gasteiger partial charge in [0.15, 0.2) is 5.96 Å². The van der Waals surface area contributed by atoms with E-state index in [0.717, 1.165) is 63.0 Å². The monoisotopic (exact) mass is 554 g/mol. The molecule has 4 rings (SSSR count). The smallest absolute Gasteiger partial charge is 0.225 e. The van der Waals surface area contributed by atoms with Crippen molar-refractivity contribution < 1.29 is 9.13 Å². The van der Waals surface area contributed by atoms with Gasteiger partial charge in [0.05, 0.1) is 6.54 Å². The number of nitrogens with zero attached hydrogens (tertiary/aromatic N) is 5. The van der Waals surface area contributed by atoms with Gasteiger partial charge in [-0.3, -0.25) is 4.99 Å². The Hall–Kier alpha value is -2.01. The number of rotatable bonds is 5. The van der Waals surface area contributed by atoms with Gasteiger partial charge in [0, 0.05) is 63.7 Å². The van der Waals surface area contributed by atoms with Crippen molar-refractivity contribution >= 4 is 35.9 Å². The third kappa shape index (κ3) is 5.86. The number of aliphatic imine (C=N–C) groups is 1. The molecule has 2 aromatic rings. The third-order valence-corrected chi connectivity index (χ3v) is 6.19. The van der Waals surface area contributed by atoms with Crippen LogP contribution in [-0.2, 0) is 10.2 Å². The molecule has 2 saturated heterocycles. The standard InChI is InChI=1S/C23H31FN6O.HI/c1-2-25-21(29-12-14-30(15-13-29)22-26-10-3-11-27-22)28-18-23(8-16-31-17-9-23)19-4-6-20(24)7-5-19;/h3-7,10-11H,2,8-9,12-18H2,1H3,(H,25,28);1H. The van der Waals surface area contributed by atoms with Crippen LogP contribution in [0.3, 0.4) is 0 Å². The summed E-state index contributed by atoms with van der Waals surface area (Å²) in [4.78, 5) is 18.3. The Balaban J connectivity index is 0.00000289. The minimum Gasteiger partial charge on any atom is -0.381 e. The molecule has 3 heterocycles. The molecule has 2 aliphatic heterocycles. The van der Waals surface area contributed by atoms with Gasteiger partial charge in [-0.2, -0.15) is 0 Å². The molecule has 1 aromatic carbocycles. The van der Waals surface area contributed by atoms with Crippen LogP contribution in [0.25, 0.3) is 0 Å². The fourth-order valence-electron chi connectivity index (χ4n) is 4.33. The number of ether oxygens (including phenoxy) is 1. The number of piperazine rings is 1. The average Bonchev–Trinajstić information content (AvgIpc) is 2.83. The molecule has 2 aliphatic rings. The number of guanidine groups is 1. The van der Waals surface area contributed by atoms with Crippen LogP contribution >= 0.6 is 24.0 Å². The van der Waals surface area contributed by atoms with Crippen LogP contribution in [0.15, 0.2) is 47.7 Å². The van der Waals surface area contributed by atoms with Gasteiger partial charge in [-0.1, -0.05) is 12.1 Å². The van der Waals surface area contributed by atoms with Crippen molar-refractivity contribution in [2.45, 2.75) is 25.2 Å². The van der Waals surface area contributed by atoms with Crippen molar-refractivity contribution in [3.63, 3.8) is 0 Å². The Morgan fingerprint density at radius 1 is 1.09 bits per heavy atom. The number of benzene rings is 1. The summed E-state index contributed by atoms with van der Waals surface area (Å²) >= 11 is 0. The van der Waals surface area contributed by atoms with Crippen molar-refractivity contribution in [2.24, 2.45) is 4.99 Å². The molecule has 0 atom stereocenters. The molecule has 1 aromatic heterocycles. The van der Waals surface area contributed by atoms with Gasteiger partial charge < -0.3 is 19.9 Å². The zero-order valence-electron chi connectivity index (χ0n) is 18.5. The minimum absolute atomic E-state index is 0. The highest BCUT2D eigenvalue weighted by molar-refractivity contribution is 14.0. The summed E-state index contributed by atoms with van der Waals surface area (Å²) in [6.07, 6.45) is 5.34. The van der Waals surface area contributed by atoms with Gasteiger partial charge in [-0.15, -0.1) is 24.0 Å². The number of aromatic nitrogens is 2. The van der Waals surface area contributed by atoms with Gasteiger partial charge in [0.1, 0.15) is 5.82 Å². The highest BCUT2D eigenvalue weighted by atomic mass is 127. The van der Waals surface area contributed by atoms with Crippen LogP contribution in [0.2, 0.25) is 0 Å². The Labute approximate surface area is 206 Å². The first-order chi connectivity index (χ1) is 15.2. The number of nitrogens with one attached hydrogen (secondary N) is 1. The summed E-state index contributed by atoms with van der Waals surface area (Å²) < 4.78 is 19.1. The van der Waals surface area contributed by atoms with E-state index in [1.807, 2.05) is 18.2 Å². The molecule has 0 saturated carbocycles. The van der Waals surface area contributed by atoms with Gasteiger partial charge in [0.2, 0.25) is 5.95 Å². The van der Waals surface area contributed by atoms with E-state index in [1.165, 1.54) is 0 Å². The van der Waals surface area contributed by atoms with Crippen molar-refractivity contribution in [1.29, 1.82) is 0 Å². The molecule has 1 N–H and O–H groups in total. The number of hydrogen-bond donors (Lipinski definition) is 1. The Morgan fingerprint density at radius 2 is 1.75 bits per heavy atom. The van der Waals surface area contributed by atoms with Crippen LogP contribution in [-0.4, -0.2) is 73.3 Å². The molecule has 0 spiro atoms. The van der Waals surface area contributed by atoms with E-state index in [2.05, 4.69) is 32.0 Å². The van der Waals surface area contributed by atoms with Crippen molar-refractivity contribution in [2.75, 3.05) is 57.4 Å². The fraction of sp³-hybridized carbons (Fsp3) is 0.522. The predicted octanol–water partition coefficient (Wildman–Crippen LogP) is 3.07. The van der Waals surface area contributed by atoms with Crippen LogP contribution < -0.4 is 10.2 Å². The van der Waals surface area contributed by atoms with Gasteiger partial charge in [0.25, 0.3) is 0 Å². The molecular weight excluding hydrogens is 522 g/mol. The van der Waals surface area contributed by atoms with Crippen molar-refractivity contribution in [3.05, 3.63) is 54.1 Å². The lowest BCUT2D eigenvalue weighted by molar-refractivity contribution is 0.0530. The molecule has 0 unspecified atom stereocenters. The number of halogens is 2. The van der Waals surface area contributed by atoms with Crippen LogP contribution in [0.1, 0.15) is 25.3 Å². The maximum absolute atomic E-state index is 13.5. The van der Waals surface area contributed by atoms with Crippen molar-refractivity contribution in [3.8, 4) is 0 Å². The van der Waals surface area contributed by atoms with Crippen LogP contribution in [0.5, 0.6) is 0 Å². The second-order valence-corrected chi connectivity index (χ2v) is 8.09. The topological polar surface area (TPSA) is 65.9 Å². The average molecular weight is 554 g/mol. The zero-order chi connectivity index (χ0) is 21.5. The Morgan fingerprint density at radius 3 is 2.38 bits per heavy atom. The predicted molar refractivity (Wildman–Crippen MR) is 135 cm³/mol. The maximum atomic E-state index is 13.5. The molecular formula is C23H32FIN6O. The molecule has 32 heavy (non-hydrogen) atoms. The normalized spacial score (nSPS) is 18.8. The first-order valence-corrected chi connectivity index (χ1v) is 11.1. The van der Waals surface area contributed by atoms with E-state index in [0.29, 0.717) is 19.8 Å². The molecule has 174 valence electrons. The molecule has 7 nitrogen and oxygen atoms in total. The minimum atomic E-state index is -0.205. The Bertz CT molecular complexity index is 853. The van der Waals surface area contributed by atoms with Crippen molar-refractivity contribution in [1.82, 2.24) is 20.2 Å². The molecule has 0 bridgehead atoms. The third-order valence-electron chi connectivity index (χ3n) is 6.19. The highest BCUT2D eigenvalue weighted by Gasteiger charge is 2.35. The van der Waals surface area contributed by atoms with Crippen LogP contribution in [0, 0.1) is 5.82 Å². The lowest BCUT2D eigenvalue weighted by atomic mass is 9.74. The Kier molecular flexibility index (Phi) is 9.03. The van der Waals surface area contributed by atoms with Gasteiger partial charge in [-0.25, -0.2) is 14.4 Å². The number of hydrogen-bond acceptors (Lipinski definition) is 5. The summed E-state index contributed by atoms with van der Waals surface area (Å²) in [6, 6.07) is 8.74. The van der Waals surface area contributed by atoms with Gasteiger partial charge in [-0.05, 0) is 43.5 Å². The summed E-state index contributed by atoms with van der Waals surface area (Å²) in [5.41, 5.74) is 1.02. The first kappa shape index (κ1) is 24.6. The lowest BCUT2D eigenvalue weighted by Gasteiger charge is -2.39. The maximum Gasteiger partial charge on any atom is 0.225 e. The molecule has 0 amide bonds. The molecule has 0 radical (unpaired) electrons. The second-order valence-electron chi connectivity index (χ2n) is 8.09. The van der Waals surface area contributed by atoms with E-state index in [1.54, 1.807) is 24.5 Å². The van der Waals surface area contributed by atoms with E-state index in [4.69, 9.17) is 9.73 Å². The summed E-state index contributed by atoms with van der Waals surface area (Å²) in [7, 11) is 0. The van der Waals surface area contributed by atoms with Crippen LogP contribution in [0.4, 0.5) is 10.3 Å². The summed E-state index contributed by atoms with van der Waals surface area (Å²) in [6.45, 7) is 8.40. The first-order valence-electron chi connectivity index (χ1n) is 11.1. The van der Waals surface area contributed by atoms with E-state index >= 15 is 0 Å². The quantitative estimate of drug-likeness (QED) is 0.349. The van der Waals surface area contributed by atoms with Gasteiger partial charge >= 0.3 is 0 Å². The molecule has 9 heteroatoms.